The molecule has 10 rings (SSSR count). The molecule has 4 aliphatic heterocycles. The number of aliphatic carboxylic acids is 2. The van der Waals surface area contributed by atoms with Crippen LogP contribution < -0.4 is 54.3 Å². The number of fused-ring (bicyclic) bond motifs is 2. The molecule has 556 valence electrons. The van der Waals surface area contributed by atoms with E-state index in [1.807, 2.05) is 0 Å². The van der Waals surface area contributed by atoms with Crippen molar-refractivity contribution in [2.75, 3.05) is 37.8 Å². The Labute approximate surface area is 594 Å². The molecule has 4 aromatic heterocycles. The molecule has 2 saturated heterocycles. The lowest BCUT2D eigenvalue weighted by Gasteiger charge is -2.52. The van der Waals surface area contributed by atoms with E-state index in [1.54, 1.807) is 67.1 Å². The zero-order valence-electron chi connectivity index (χ0n) is 56.5. The number of carboxylic acids is 2. The first-order valence-electron chi connectivity index (χ1n) is 32.2. The van der Waals surface area contributed by atoms with Gasteiger partial charge in [0.2, 0.25) is 11.2 Å². The van der Waals surface area contributed by atoms with Gasteiger partial charge in [-0.25, -0.2) is 19.6 Å². The van der Waals surface area contributed by atoms with E-state index in [0.717, 1.165) is 22.7 Å². The largest absolute Gasteiger partial charge is 0.485 e. The minimum Gasteiger partial charge on any atom is -0.485 e. The molecule has 8 atom stereocenters. The Morgan fingerprint density at radius 3 is 1.39 bits per heavy atom. The molecule has 0 aliphatic carbocycles. The van der Waals surface area contributed by atoms with E-state index in [0.29, 0.717) is 82.8 Å². The Hall–Kier alpha value is -9.69. The number of β-lactam (4-membered cyclic amide) rings is 2. The number of imidazole rings is 2. The van der Waals surface area contributed by atoms with Crippen molar-refractivity contribution in [1.82, 2.24) is 49.0 Å². The number of hydroxylamine groups is 4. The van der Waals surface area contributed by atoms with Crippen molar-refractivity contribution in [2.45, 2.75) is 165 Å². The van der Waals surface area contributed by atoms with Crippen molar-refractivity contribution in [1.29, 1.82) is 10.8 Å². The van der Waals surface area contributed by atoms with Gasteiger partial charge in [0, 0.05) is 47.4 Å². The smallest absolute Gasteiger partial charge is 0.442 e. The number of rotatable bonds is 32. The average Bonchev–Trinajstić information content (AvgIpc) is 1.45. The molecule has 8 heterocycles. The highest BCUT2D eigenvalue weighted by Crippen LogP contribution is 2.41. The first-order valence-corrected chi connectivity index (χ1v) is 35.3. The second-order valence-corrected chi connectivity index (χ2v) is 29.0. The number of hydrogen-bond acceptors (Lipinski definition) is 30. The molecule has 4 aliphatic rings. The number of anilines is 2. The van der Waals surface area contributed by atoms with E-state index in [4.69, 9.17) is 61.5 Å². The van der Waals surface area contributed by atoms with Crippen LogP contribution in [0.3, 0.4) is 0 Å². The summed E-state index contributed by atoms with van der Waals surface area (Å²) in [7, 11) is -5.44. The summed E-state index contributed by atoms with van der Waals surface area (Å²) in [6, 6.07) is 6.98. The van der Waals surface area contributed by atoms with Gasteiger partial charge in [-0.1, -0.05) is 10.3 Å². The highest BCUT2D eigenvalue weighted by Gasteiger charge is 2.62. The molecule has 2 fully saturated rings. The third-order valence-electron chi connectivity index (χ3n) is 18.1. The van der Waals surface area contributed by atoms with E-state index in [-0.39, 0.29) is 83.2 Å². The van der Waals surface area contributed by atoms with Gasteiger partial charge < -0.3 is 102 Å². The molecule has 0 spiro atoms. The number of carboxylic acid groups (broad SMARTS) is 2. The number of nitrogens with zero attached hydrogens (tertiary/aromatic N) is 10. The van der Waals surface area contributed by atoms with E-state index in [9.17, 15) is 67.8 Å². The fraction of sp³-hybridized carbons (Fsp3) is 0.484. The van der Waals surface area contributed by atoms with Crippen LogP contribution in [0.4, 0.5) is 10.3 Å². The number of amides is 4. The van der Waals surface area contributed by atoms with Crippen LogP contribution in [-0.4, -0.2) is 209 Å². The van der Waals surface area contributed by atoms with Gasteiger partial charge in [0.1, 0.15) is 35.0 Å². The fourth-order valence-electron chi connectivity index (χ4n) is 12.0. The number of aromatic nitrogens is 6. The molecular weight excluding hydrogens is 1410 g/mol. The third-order valence-corrected chi connectivity index (χ3v) is 20.1. The standard InChI is InChI=1S/C62H80N18O20S3/c1-59(2)47(71-49(85)45(37-29-101-55(65)69-37)73-97-61(5,53(89)90)43-15-11-33-21-31(9-13-41(33)95-43)39-25-75(19-7-17-63)57(67)77(39)23-35(83)27-81)51(87)79(59)99-103(93,94)100-80-52(88)48(60(80,3)4)72-50(86)46(38-30-102-56(66)70-38)74-98-62(6,54(91)92)44-16-12-34-22-32(10-14-42(34)96-44)40-26-76(20-8-18-64)58(68)78(40)24-36(84)28-82/h9-10,13-14,21-22,25-26,29-30,35-36,43-44,47-48,67-68,81-84H,7-8,11-12,15-20,23-24,27-28,63-64H2,1-6H3,(H2,65,69)(H2,66,70)(H,71,85)(H,72,86)(H,89,90)(H,91,92)/b67-57?,68-58?,73-45-,74-46-/t35-,36-,43+,44+,47+,48+,61-,62-/m0/s1. The van der Waals surface area contributed by atoms with Gasteiger partial charge in [0.15, 0.2) is 33.9 Å². The number of thiazole rings is 2. The number of oxime groups is 2. The summed E-state index contributed by atoms with van der Waals surface area (Å²) in [6.07, 6.45) is 0.388. The van der Waals surface area contributed by atoms with Gasteiger partial charge in [-0.2, -0.15) is 18.5 Å². The Balaban J connectivity index is 0.782. The molecule has 6 aromatic rings. The van der Waals surface area contributed by atoms with Gasteiger partial charge in [0.25, 0.3) is 34.8 Å². The number of ether oxygens (including phenoxy) is 2. The number of nitrogen functional groups attached to an aromatic ring is 2. The molecule has 41 heteroatoms. The number of carbonyl (C=O) groups excluding carboxylic acids is 4. The highest BCUT2D eigenvalue weighted by atomic mass is 32.3. The number of aliphatic hydroxyl groups excluding tert-OH is 4. The van der Waals surface area contributed by atoms with Crippen LogP contribution >= 0.6 is 22.7 Å². The van der Waals surface area contributed by atoms with E-state index in [2.05, 4.69) is 30.9 Å². The minimum atomic E-state index is -5.44. The van der Waals surface area contributed by atoms with Crippen molar-refractivity contribution in [2.24, 2.45) is 21.8 Å². The number of hydrogen-bond donors (Lipinski definition) is 14. The molecule has 0 radical (unpaired) electrons. The molecule has 4 amide bonds. The van der Waals surface area contributed by atoms with Crippen LogP contribution in [0.5, 0.6) is 11.5 Å². The van der Waals surface area contributed by atoms with Crippen LogP contribution in [0.25, 0.3) is 22.5 Å². The zero-order valence-corrected chi connectivity index (χ0v) is 59.0. The maximum atomic E-state index is 14.3. The third kappa shape index (κ3) is 15.2. The lowest BCUT2D eigenvalue weighted by Crippen LogP contribution is -2.78. The van der Waals surface area contributed by atoms with Gasteiger partial charge >= 0.3 is 22.3 Å². The molecule has 0 unspecified atom stereocenters. The van der Waals surface area contributed by atoms with E-state index in [1.165, 1.54) is 52.3 Å². The number of nitrogens with one attached hydrogen (secondary N) is 4. The number of nitrogens with two attached hydrogens (primary N) is 4. The summed E-state index contributed by atoms with van der Waals surface area (Å²) in [4.78, 5) is 102. The first-order chi connectivity index (χ1) is 48.6. The Morgan fingerprint density at radius 1 is 0.689 bits per heavy atom. The summed E-state index contributed by atoms with van der Waals surface area (Å²) < 4.78 is 56.5. The molecule has 38 nitrogen and oxygen atoms in total. The Morgan fingerprint density at radius 2 is 1.07 bits per heavy atom. The van der Waals surface area contributed by atoms with E-state index < -0.39 is 129 Å². The summed E-state index contributed by atoms with van der Waals surface area (Å²) in [5.74, 6) is -7.21. The van der Waals surface area contributed by atoms with Crippen molar-refractivity contribution >= 4 is 90.3 Å². The van der Waals surface area contributed by atoms with E-state index >= 15 is 0 Å². The number of benzene rings is 2. The topological polar surface area (TPSA) is 566 Å². The summed E-state index contributed by atoms with van der Waals surface area (Å²) in [6.45, 7) is 7.87. The predicted molar refractivity (Wildman–Crippen MR) is 364 cm³/mol. The van der Waals surface area contributed by atoms with Crippen LogP contribution in [0.1, 0.15) is 89.7 Å². The summed E-state index contributed by atoms with van der Waals surface area (Å²) in [5, 5.41) is 94.9. The van der Waals surface area contributed by atoms with Gasteiger partial charge in [0.05, 0.1) is 61.0 Å². The maximum Gasteiger partial charge on any atom is 0.442 e. The second-order valence-electron chi connectivity index (χ2n) is 26.1. The summed E-state index contributed by atoms with van der Waals surface area (Å²) >= 11 is 1.76. The molecule has 18 N–H and O–H groups in total. The Kier molecular flexibility index (Phi) is 22.1. The lowest BCUT2D eigenvalue weighted by molar-refractivity contribution is -0.239. The quantitative estimate of drug-likeness (QED) is 0.0131. The van der Waals surface area contributed by atoms with Crippen molar-refractivity contribution in [3.63, 3.8) is 0 Å². The number of carbonyl (C=O) groups is 6. The average molecular weight is 1490 g/mol. The van der Waals surface area contributed by atoms with Crippen molar-refractivity contribution in [3.8, 4) is 34.0 Å². The van der Waals surface area contributed by atoms with Crippen LogP contribution in [0, 0.1) is 10.8 Å². The lowest BCUT2D eigenvalue weighted by atomic mass is 9.84. The van der Waals surface area contributed by atoms with Crippen LogP contribution in [0.15, 0.2) is 69.9 Å². The molecule has 2 aromatic carbocycles. The van der Waals surface area contributed by atoms with Gasteiger partial charge in [-0.3, -0.25) is 30.0 Å². The predicted octanol–water partition coefficient (Wildman–Crippen LogP) is -1.40. The SMILES string of the molecule is CC1(C)[C@H](NC(=O)/C(=N\O[C@](C)(C(=O)O)[C@H]2CCc3cc(-c4cn(CCCN)c(=N)n4C[C@H](O)CO)ccc3O2)c2csc(N)n2)C(=O)N1OS(=O)(=O)ON1C(=O)[C@@H](NC(=O)/C(=N\O[C@](C)(C(=O)O)[C@H]2CCc3cc(-c4cn(CCCN)c(=N)n4C[C@H](O)CO)ccc3O2)c2csc(N)n2)C1(C)C. The number of aryl methyl sites for hydroxylation is 4. The van der Waals surface area contributed by atoms with Gasteiger partial charge in [-0.05, 0) is 141 Å². The Bertz CT molecular complexity index is 4300. The molecule has 103 heavy (non-hydrogen) atoms. The monoisotopic (exact) mass is 1490 g/mol. The van der Waals surface area contributed by atoms with Gasteiger partial charge in [-0.15, -0.1) is 31.2 Å². The fourth-order valence-corrected chi connectivity index (χ4v) is 14.0. The van der Waals surface area contributed by atoms with Crippen LogP contribution in [0.2, 0.25) is 0 Å². The summed E-state index contributed by atoms with van der Waals surface area (Å²) in [5.41, 5.74) is 17.3. The minimum absolute atomic E-state index is 0.0410. The number of aliphatic hydroxyl groups is 4. The normalized spacial score (nSPS) is 20.3. The molecule has 0 saturated carbocycles. The van der Waals surface area contributed by atoms with Crippen molar-refractivity contribution in [3.05, 3.63) is 93.3 Å². The highest BCUT2D eigenvalue weighted by molar-refractivity contribution is 7.81. The second kappa shape index (κ2) is 29.9. The molecule has 0 bridgehead atoms. The van der Waals surface area contributed by atoms with Crippen LogP contribution in [-0.2, 0) is 96.4 Å². The first kappa shape index (κ1) is 76.0. The zero-order chi connectivity index (χ0) is 75.0. The molecular formula is C62H80N18O20S3. The maximum absolute atomic E-state index is 14.3. The van der Waals surface area contributed by atoms with Crippen molar-refractivity contribution < 1.29 is 95.5 Å².